The highest BCUT2D eigenvalue weighted by Gasteiger charge is 2.16. The topological polar surface area (TPSA) is 81.1 Å². The first kappa shape index (κ1) is 13.5. The van der Waals surface area contributed by atoms with Crippen molar-refractivity contribution in [3.8, 4) is 0 Å². The largest absolute Gasteiger partial charge is 0.348 e. The zero-order valence-corrected chi connectivity index (χ0v) is 10.8. The zero-order valence-electron chi connectivity index (χ0n) is 10.8. The Kier molecular flexibility index (Phi) is 4.49. The highest BCUT2D eigenvalue weighted by Crippen LogP contribution is 2.09. The fourth-order valence-corrected chi connectivity index (χ4v) is 2.05. The minimum Gasteiger partial charge on any atom is -0.348 e. The number of benzene rings is 1. The van der Waals surface area contributed by atoms with E-state index in [-0.39, 0.29) is 18.0 Å². The van der Waals surface area contributed by atoms with E-state index in [0.29, 0.717) is 12.1 Å². The van der Waals surface area contributed by atoms with E-state index >= 15 is 0 Å². The molecule has 2 atom stereocenters. The van der Waals surface area contributed by atoms with E-state index in [1.807, 2.05) is 30.3 Å². The molecule has 0 bridgehead atoms. The normalized spacial score (nSPS) is 19.1. The van der Waals surface area contributed by atoms with Crippen LogP contribution in [0.25, 0.3) is 0 Å². The molecule has 1 unspecified atom stereocenters. The summed E-state index contributed by atoms with van der Waals surface area (Å²) in [6.45, 7) is 0.406. The van der Waals surface area contributed by atoms with Gasteiger partial charge < -0.3 is 16.8 Å². The predicted molar refractivity (Wildman–Crippen MR) is 76.3 cm³/mol. The van der Waals surface area contributed by atoms with Crippen LogP contribution in [0.2, 0.25) is 0 Å². The molecule has 0 saturated carbocycles. The fraction of sp³-hybridized carbons (Fsp3) is 0.267. The van der Waals surface area contributed by atoms with Gasteiger partial charge in [0.2, 0.25) is 0 Å². The first-order valence-corrected chi connectivity index (χ1v) is 6.39. The molecule has 1 aromatic rings. The minimum absolute atomic E-state index is 0.0685. The van der Waals surface area contributed by atoms with Gasteiger partial charge in [0.25, 0.3) is 5.91 Å². The number of hydrogen-bond donors (Lipinski definition) is 3. The van der Waals surface area contributed by atoms with Crippen LogP contribution in [0.3, 0.4) is 0 Å². The van der Waals surface area contributed by atoms with E-state index < -0.39 is 0 Å². The summed E-state index contributed by atoms with van der Waals surface area (Å²) >= 11 is 0. The molecule has 0 heterocycles. The van der Waals surface area contributed by atoms with Gasteiger partial charge in [-0.15, -0.1) is 0 Å². The average Bonchev–Trinajstić information content (AvgIpc) is 2.86. The van der Waals surface area contributed by atoms with Crippen molar-refractivity contribution >= 4 is 5.91 Å². The Balaban J connectivity index is 1.94. The lowest BCUT2D eigenvalue weighted by Crippen LogP contribution is -2.42. The summed E-state index contributed by atoms with van der Waals surface area (Å²) in [6.07, 6.45) is 6.01. The molecule has 0 saturated heterocycles. The number of carbonyl (C=O) groups is 1. The summed E-state index contributed by atoms with van der Waals surface area (Å²) in [5.74, 6) is -0.115. The van der Waals surface area contributed by atoms with Gasteiger partial charge in [-0.3, -0.25) is 4.79 Å². The van der Waals surface area contributed by atoms with Gasteiger partial charge in [-0.1, -0.05) is 48.6 Å². The van der Waals surface area contributed by atoms with Crippen LogP contribution in [-0.2, 0) is 11.2 Å². The third-order valence-electron chi connectivity index (χ3n) is 3.08. The van der Waals surface area contributed by atoms with Gasteiger partial charge in [-0.05, 0) is 12.0 Å². The second-order valence-electron chi connectivity index (χ2n) is 4.65. The van der Waals surface area contributed by atoms with Gasteiger partial charge in [-0.2, -0.15) is 0 Å². The molecule has 0 fully saturated rings. The van der Waals surface area contributed by atoms with Crippen LogP contribution < -0.4 is 16.8 Å². The van der Waals surface area contributed by atoms with Crippen molar-refractivity contribution in [1.82, 2.24) is 5.32 Å². The average molecular weight is 257 g/mol. The lowest BCUT2D eigenvalue weighted by atomic mass is 10.1. The summed E-state index contributed by atoms with van der Waals surface area (Å²) in [5, 5.41) is 2.94. The van der Waals surface area contributed by atoms with E-state index in [1.54, 1.807) is 18.2 Å². The van der Waals surface area contributed by atoms with Crippen LogP contribution in [0.15, 0.2) is 54.1 Å². The van der Waals surface area contributed by atoms with Gasteiger partial charge in [0.1, 0.15) is 0 Å². The number of nitrogens with one attached hydrogen (secondary N) is 1. The summed E-state index contributed by atoms with van der Waals surface area (Å²) in [5.41, 5.74) is 13.2. The van der Waals surface area contributed by atoms with Crippen LogP contribution >= 0.6 is 0 Å². The lowest BCUT2D eigenvalue weighted by Gasteiger charge is -2.17. The Morgan fingerprint density at radius 2 is 2.05 bits per heavy atom. The lowest BCUT2D eigenvalue weighted by molar-refractivity contribution is -0.117. The second kappa shape index (κ2) is 6.31. The number of nitrogens with two attached hydrogens (primary N) is 2. The monoisotopic (exact) mass is 257 g/mol. The van der Waals surface area contributed by atoms with Gasteiger partial charge in [0.05, 0.1) is 0 Å². The van der Waals surface area contributed by atoms with Gasteiger partial charge in [0, 0.05) is 24.2 Å². The van der Waals surface area contributed by atoms with Crippen molar-refractivity contribution in [1.29, 1.82) is 0 Å². The molecule has 0 aliphatic heterocycles. The molecule has 100 valence electrons. The number of amides is 1. The molecule has 1 aliphatic carbocycles. The zero-order chi connectivity index (χ0) is 13.7. The second-order valence-corrected chi connectivity index (χ2v) is 4.65. The van der Waals surface area contributed by atoms with E-state index in [9.17, 15) is 4.79 Å². The van der Waals surface area contributed by atoms with Gasteiger partial charge in [0.15, 0.2) is 0 Å². The Morgan fingerprint density at radius 1 is 1.32 bits per heavy atom. The van der Waals surface area contributed by atoms with Crippen molar-refractivity contribution in [2.75, 3.05) is 6.54 Å². The number of rotatable bonds is 5. The van der Waals surface area contributed by atoms with E-state index in [1.165, 1.54) is 0 Å². The van der Waals surface area contributed by atoms with Crippen LogP contribution in [0.1, 0.15) is 5.56 Å². The molecular weight excluding hydrogens is 238 g/mol. The van der Waals surface area contributed by atoms with Crippen molar-refractivity contribution in [3.63, 3.8) is 0 Å². The van der Waals surface area contributed by atoms with Crippen LogP contribution in [-0.4, -0.2) is 24.5 Å². The quantitative estimate of drug-likeness (QED) is 0.718. The number of carbonyl (C=O) groups excluding carboxylic acids is 1. The van der Waals surface area contributed by atoms with Crippen molar-refractivity contribution in [2.45, 2.75) is 18.5 Å². The number of hydrogen-bond acceptors (Lipinski definition) is 3. The molecule has 19 heavy (non-hydrogen) atoms. The molecule has 2 rings (SSSR count). The summed E-state index contributed by atoms with van der Waals surface area (Å²) in [6, 6.07) is 9.75. The first-order chi connectivity index (χ1) is 9.19. The Bertz CT molecular complexity index is 493. The SMILES string of the molecule is NC[C@H](Cc1ccccc1)NC(=O)C1=CC(N)C=C1. The third kappa shape index (κ3) is 3.77. The highest BCUT2D eigenvalue weighted by molar-refractivity contribution is 5.97. The predicted octanol–water partition coefficient (Wildman–Crippen LogP) is 0.496. The Hall–Kier alpha value is -1.91. The molecule has 1 aromatic carbocycles. The molecule has 0 radical (unpaired) electrons. The summed E-state index contributed by atoms with van der Waals surface area (Å²) < 4.78 is 0. The standard InChI is InChI=1S/C15H19N3O/c16-10-14(8-11-4-2-1-3-5-11)18-15(19)12-6-7-13(17)9-12/h1-7,9,13-14H,8,10,16-17H2,(H,18,19)/t13?,14-/m0/s1. The van der Waals surface area contributed by atoms with E-state index in [0.717, 1.165) is 12.0 Å². The third-order valence-corrected chi connectivity index (χ3v) is 3.08. The van der Waals surface area contributed by atoms with Gasteiger partial charge in [-0.25, -0.2) is 0 Å². The molecule has 4 nitrogen and oxygen atoms in total. The summed E-state index contributed by atoms with van der Waals surface area (Å²) in [4.78, 5) is 12.0. The van der Waals surface area contributed by atoms with Crippen LogP contribution in [0, 0.1) is 0 Å². The van der Waals surface area contributed by atoms with Crippen molar-refractivity contribution < 1.29 is 4.79 Å². The van der Waals surface area contributed by atoms with Gasteiger partial charge >= 0.3 is 0 Å². The molecule has 4 heteroatoms. The molecule has 1 aliphatic rings. The molecule has 1 amide bonds. The fourth-order valence-electron chi connectivity index (χ4n) is 2.05. The van der Waals surface area contributed by atoms with Crippen molar-refractivity contribution in [3.05, 3.63) is 59.7 Å². The minimum atomic E-state index is -0.161. The highest BCUT2D eigenvalue weighted by atomic mass is 16.1. The maximum Gasteiger partial charge on any atom is 0.251 e. The summed E-state index contributed by atoms with van der Waals surface area (Å²) in [7, 11) is 0. The molecular formula is C15H19N3O. The first-order valence-electron chi connectivity index (χ1n) is 6.39. The van der Waals surface area contributed by atoms with E-state index in [2.05, 4.69) is 5.32 Å². The molecule has 0 spiro atoms. The van der Waals surface area contributed by atoms with Crippen LogP contribution in [0.4, 0.5) is 0 Å². The van der Waals surface area contributed by atoms with E-state index in [4.69, 9.17) is 11.5 Å². The smallest absolute Gasteiger partial charge is 0.251 e. The van der Waals surface area contributed by atoms with Crippen molar-refractivity contribution in [2.24, 2.45) is 11.5 Å². The maximum absolute atomic E-state index is 12.0. The molecule has 5 N–H and O–H groups in total. The Labute approximate surface area is 113 Å². The van der Waals surface area contributed by atoms with Crippen LogP contribution in [0.5, 0.6) is 0 Å². The Morgan fingerprint density at radius 3 is 2.63 bits per heavy atom. The maximum atomic E-state index is 12.0. The molecule has 0 aromatic heterocycles.